The number of hydrogen-bond acceptors (Lipinski definition) is 4. The van der Waals surface area contributed by atoms with Gasteiger partial charge in [0.25, 0.3) is 11.8 Å². The van der Waals surface area contributed by atoms with E-state index in [1.807, 2.05) is 17.8 Å². The molecule has 1 aliphatic rings. The summed E-state index contributed by atoms with van der Waals surface area (Å²) in [5, 5.41) is 0.876. The maximum absolute atomic E-state index is 12.1. The minimum absolute atomic E-state index is 0.203. The van der Waals surface area contributed by atoms with Crippen LogP contribution in [0.1, 0.15) is 20.7 Å². The Kier molecular flexibility index (Phi) is 3.31. The zero-order valence-electron chi connectivity index (χ0n) is 10.9. The molecule has 0 spiro atoms. The van der Waals surface area contributed by atoms with Crippen molar-refractivity contribution in [1.82, 2.24) is 14.5 Å². The quantitative estimate of drug-likeness (QED) is 0.635. The van der Waals surface area contributed by atoms with Crippen LogP contribution < -0.4 is 0 Å². The van der Waals surface area contributed by atoms with Crippen LogP contribution in [-0.2, 0) is 7.05 Å². The highest BCUT2D eigenvalue weighted by Gasteiger charge is 2.34. The van der Waals surface area contributed by atoms with Gasteiger partial charge in [-0.15, -0.1) is 0 Å². The predicted molar refractivity (Wildman–Crippen MR) is 75.7 cm³/mol. The van der Waals surface area contributed by atoms with Crippen LogP contribution in [0, 0.1) is 0 Å². The lowest BCUT2D eigenvalue weighted by molar-refractivity contribution is 0.0664. The Morgan fingerprint density at radius 1 is 1.15 bits per heavy atom. The van der Waals surface area contributed by atoms with Crippen LogP contribution in [0.25, 0.3) is 0 Å². The van der Waals surface area contributed by atoms with Gasteiger partial charge in [0, 0.05) is 31.7 Å². The van der Waals surface area contributed by atoms with Gasteiger partial charge in [0.15, 0.2) is 5.16 Å². The van der Waals surface area contributed by atoms with Crippen molar-refractivity contribution in [3.63, 3.8) is 0 Å². The van der Waals surface area contributed by atoms with Crippen LogP contribution in [0.2, 0.25) is 0 Å². The van der Waals surface area contributed by atoms with Crippen LogP contribution in [0.5, 0.6) is 0 Å². The van der Waals surface area contributed by atoms with Crippen LogP contribution in [0.3, 0.4) is 0 Å². The molecule has 5 nitrogen and oxygen atoms in total. The summed E-state index contributed by atoms with van der Waals surface area (Å²) in [7, 11) is 1.91. The molecule has 0 unspecified atom stereocenters. The normalized spacial score (nSPS) is 13.9. The number of fused-ring (bicyclic) bond motifs is 1. The third-order valence-corrected chi connectivity index (χ3v) is 4.24. The van der Waals surface area contributed by atoms with Crippen molar-refractivity contribution in [3.8, 4) is 0 Å². The molecule has 0 saturated carbocycles. The maximum Gasteiger partial charge on any atom is 0.261 e. The fourth-order valence-corrected chi connectivity index (χ4v) is 3.02. The lowest BCUT2D eigenvalue weighted by Crippen LogP contribution is -2.31. The average Bonchev–Trinajstić information content (AvgIpc) is 2.97. The molecular formula is C14H13N3O2S. The van der Waals surface area contributed by atoms with E-state index in [4.69, 9.17) is 0 Å². The highest BCUT2D eigenvalue weighted by molar-refractivity contribution is 7.99. The first-order valence-electron chi connectivity index (χ1n) is 6.24. The molecular weight excluding hydrogens is 274 g/mol. The van der Waals surface area contributed by atoms with E-state index in [0.717, 1.165) is 5.16 Å². The summed E-state index contributed by atoms with van der Waals surface area (Å²) in [4.78, 5) is 29.8. The van der Waals surface area contributed by atoms with Gasteiger partial charge in [-0.2, -0.15) is 0 Å². The molecule has 0 fully saturated rings. The Morgan fingerprint density at radius 3 is 2.35 bits per heavy atom. The second-order valence-electron chi connectivity index (χ2n) is 4.48. The van der Waals surface area contributed by atoms with E-state index in [2.05, 4.69) is 4.98 Å². The van der Waals surface area contributed by atoms with E-state index in [9.17, 15) is 9.59 Å². The summed E-state index contributed by atoms with van der Waals surface area (Å²) in [6, 6.07) is 6.94. The monoisotopic (exact) mass is 287 g/mol. The second-order valence-corrected chi connectivity index (χ2v) is 5.54. The molecule has 102 valence electrons. The number of amides is 2. The lowest BCUT2D eigenvalue weighted by Gasteiger charge is -2.12. The Bertz CT molecular complexity index is 646. The molecule has 0 bridgehead atoms. The van der Waals surface area contributed by atoms with E-state index in [1.165, 1.54) is 16.7 Å². The first kappa shape index (κ1) is 12.9. The van der Waals surface area contributed by atoms with Crippen molar-refractivity contribution >= 4 is 23.6 Å². The molecule has 0 radical (unpaired) electrons. The predicted octanol–water partition coefficient (Wildman–Crippen LogP) is 1.81. The standard InChI is InChI=1S/C14H13N3O2S/c1-16-7-6-15-14(16)20-9-8-17-12(18)10-4-2-3-5-11(10)13(17)19/h2-7H,8-9H2,1H3. The number of imidazole rings is 1. The van der Waals surface area contributed by atoms with Gasteiger partial charge in [0.1, 0.15) is 0 Å². The number of aromatic nitrogens is 2. The fraction of sp³-hybridized carbons (Fsp3) is 0.214. The summed E-state index contributed by atoms with van der Waals surface area (Å²) >= 11 is 1.53. The topological polar surface area (TPSA) is 55.2 Å². The minimum Gasteiger partial charge on any atom is -0.329 e. The van der Waals surface area contributed by atoms with Gasteiger partial charge in [-0.3, -0.25) is 14.5 Å². The lowest BCUT2D eigenvalue weighted by atomic mass is 10.1. The molecule has 0 N–H and O–H groups in total. The molecule has 20 heavy (non-hydrogen) atoms. The van der Waals surface area contributed by atoms with Gasteiger partial charge < -0.3 is 4.57 Å². The van der Waals surface area contributed by atoms with Crippen LogP contribution >= 0.6 is 11.8 Å². The number of hydrogen-bond donors (Lipinski definition) is 0. The molecule has 0 saturated heterocycles. The first-order chi connectivity index (χ1) is 9.68. The molecule has 1 aromatic heterocycles. The van der Waals surface area contributed by atoms with Crippen LogP contribution in [0.15, 0.2) is 41.8 Å². The molecule has 3 rings (SSSR count). The fourth-order valence-electron chi connectivity index (χ4n) is 2.16. The van der Waals surface area contributed by atoms with Crippen molar-refractivity contribution < 1.29 is 9.59 Å². The van der Waals surface area contributed by atoms with E-state index in [1.54, 1.807) is 30.5 Å². The molecule has 1 aromatic carbocycles. The summed E-state index contributed by atoms with van der Waals surface area (Å²) < 4.78 is 1.91. The summed E-state index contributed by atoms with van der Waals surface area (Å²) in [5.74, 6) is 0.230. The Morgan fingerprint density at radius 2 is 1.80 bits per heavy atom. The number of imide groups is 1. The number of thioether (sulfide) groups is 1. The first-order valence-corrected chi connectivity index (χ1v) is 7.22. The van der Waals surface area contributed by atoms with Crippen molar-refractivity contribution in [1.29, 1.82) is 0 Å². The summed E-state index contributed by atoms with van der Waals surface area (Å²) in [6.07, 6.45) is 3.59. The second kappa shape index (κ2) is 5.13. The van der Waals surface area contributed by atoms with Gasteiger partial charge in [0.05, 0.1) is 11.1 Å². The largest absolute Gasteiger partial charge is 0.329 e. The zero-order valence-corrected chi connectivity index (χ0v) is 11.8. The van der Waals surface area contributed by atoms with Gasteiger partial charge in [-0.25, -0.2) is 4.98 Å². The van der Waals surface area contributed by atoms with Crippen molar-refractivity contribution in [2.24, 2.45) is 7.05 Å². The van der Waals surface area contributed by atoms with E-state index in [-0.39, 0.29) is 11.8 Å². The number of rotatable bonds is 4. The van der Waals surface area contributed by atoms with Crippen molar-refractivity contribution in [2.75, 3.05) is 12.3 Å². The Balaban J connectivity index is 1.67. The maximum atomic E-state index is 12.1. The van der Waals surface area contributed by atoms with Crippen LogP contribution in [-0.4, -0.2) is 38.6 Å². The number of aryl methyl sites for hydroxylation is 1. The van der Waals surface area contributed by atoms with E-state index >= 15 is 0 Å². The SMILES string of the molecule is Cn1ccnc1SCCN1C(=O)c2ccccc2C1=O. The zero-order chi connectivity index (χ0) is 14.1. The Hall–Kier alpha value is -2.08. The van der Waals surface area contributed by atoms with E-state index < -0.39 is 0 Å². The molecule has 2 aromatic rings. The molecule has 6 heteroatoms. The van der Waals surface area contributed by atoms with Crippen LogP contribution in [0.4, 0.5) is 0 Å². The number of nitrogens with zero attached hydrogens (tertiary/aromatic N) is 3. The van der Waals surface area contributed by atoms with Crippen molar-refractivity contribution in [3.05, 3.63) is 47.8 Å². The molecule has 2 amide bonds. The minimum atomic E-state index is -0.203. The average molecular weight is 287 g/mol. The smallest absolute Gasteiger partial charge is 0.261 e. The molecule has 0 aliphatic carbocycles. The molecule has 0 atom stereocenters. The molecule has 1 aliphatic heterocycles. The van der Waals surface area contributed by atoms with Gasteiger partial charge in [-0.05, 0) is 12.1 Å². The number of benzene rings is 1. The molecule has 2 heterocycles. The van der Waals surface area contributed by atoms with Gasteiger partial charge >= 0.3 is 0 Å². The summed E-state index contributed by atoms with van der Waals surface area (Å²) in [6.45, 7) is 0.393. The Labute approximate surface area is 120 Å². The third-order valence-electron chi connectivity index (χ3n) is 3.20. The van der Waals surface area contributed by atoms with Gasteiger partial charge in [-0.1, -0.05) is 23.9 Å². The van der Waals surface area contributed by atoms with Gasteiger partial charge in [0.2, 0.25) is 0 Å². The summed E-state index contributed by atoms with van der Waals surface area (Å²) in [5.41, 5.74) is 0.999. The highest BCUT2D eigenvalue weighted by Crippen LogP contribution is 2.23. The number of carbonyl (C=O) groups is 2. The third kappa shape index (κ3) is 2.12. The number of carbonyl (C=O) groups excluding carboxylic acids is 2. The van der Waals surface area contributed by atoms with Crippen molar-refractivity contribution in [2.45, 2.75) is 5.16 Å². The highest BCUT2D eigenvalue weighted by atomic mass is 32.2. The van der Waals surface area contributed by atoms with E-state index in [0.29, 0.717) is 23.4 Å².